The topological polar surface area (TPSA) is 116 Å². The van der Waals surface area contributed by atoms with Gasteiger partial charge in [-0.3, -0.25) is 0 Å². The summed E-state index contributed by atoms with van der Waals surface area (Å²) >= 11 is 0. The first-order chi connectivity index (χ1) is 26.7. The minimum Gasteiger partial charge on any atom is -0.208 e. The maximum absolute atomic E-state index is 5.10. The van der Waals surface area contributed by atoms with Crippen LogP contribution in [0.3, 0.4) is 0 Å². The van der Waals surface area contributed by atoms with Crippen molar-refractivity contribution in [2.45, 2.75) is 0 Å². The minimum absolute atomic E-state index is 0.524. The molecule has 252 valence electrons. The zero-order chi connectivity index (χ0) is 35.8. The Morgan fingerprint density at radius 3 is 0.907 bits per heavy atom. The molecular formula is C45H27N9. The third-order valence-corrected chi connectivity index (χ3v) is 9.53. The van der Waals surface area contributed by atoms with Gasteiger partial charge in [-0.2, -0.15) is 15.3 Å². The zero-order valence-electron chi connectivity index (χ0n) is 28.6. The summed E-state index contributed by atoms with van der Waals surface area (Å²) in [7, 11) is 0. The molecule has 0 saturated carbocycles. The van der Waals surface area contributed by atoms with Crippen molar-refractivity contribution in [2.75, 3.05) is 0 Å². The van der Waals surface area contributed by atoms with Crippen molar-refractivity contribution in [2.24, 2.45) is 0 Å². The van der Waals surface area contributed by atoms with E-state index in [0.717, 1.165) is 82.8 Å². The molecule has 0 fully saturated rings. The summed E-state index contributed by atoms with van der Waals surface area (Å²) in [5.74, 6) is 1.57. The first-order valence-corrected chi connectivity index (χ1v) is 17.4. The fourth-order valence-electron chi connectivity index (χ4n) is 6.90. The van der Waals surface area contributed by atoms with Gasteiger partial charge < -0.3 is 0 Å². The van der Waals surface area contributed by atoms with Crippen molar-refractivity contribution in [1.82, 2.24) is 45.5 Å². The van der Waals surface area contributed by atoms with Gasteiger partial charge in [0.15, 0.2) is 17.5 Å². The summed E-state index contributed by atoms with van der Waals surface area (Å²) in [5.41, 5.74) is 7.56. The third kappa shape index (κ3) is 5.66. The average Bonchev–Trinajstić information content (AvgIpc) is 3.26. The highest BCUT2D eigenvalue weighted by Crippen LogP contribution is 2.34. The van der Waals surface area contributed by atoms with Gasteiger partial charge >= 0.3 is 0 Å². The number of fused-ring (bicyclic) bond motifs is 3. The Morgan fingerprint density at radius 1 is 0.278 bits per heavy atom. The lowest BCUT2D eigenvalue weighted by Crippen LogP contribution is -2.01. The predicted octanol–water partition coefficient (Wildman–Crippen LogP) is 9.70. The lowest BCUT2D eigenvalue weighted by molar-refractivity contribution is 1.05. The van der Waals surface area contributed by atoms with Crippen LogP contribution in [-0.4, -0.2) is 45.5 Å². The van der Waals surface area contributed by atoms with Crippen LogP contribution in [0.4, 0.5) is 0 Å². The van der Waals surface area contributed by atoms with Gasteiger partial charge in [0.25, 0.3) is 0 Å². The Hall–Kier alpha value is -7.65. The second-order valence-electron chi connectivity index (χ2n) is 12.9. The van der Waals surface area contributed by atoms with Gasteiger partial charge in [0, 0.05) is 65.7 Å². The standard InChI is InChI=1S/C45H27N9/c1-4-19-37-34(10-1)25-46-52-40(37)28-13-7-16-31(22-28)43-49-44(32-17-8-14-29(23-32)41-38-20-5-2-11-35(38)26-47-53-41)51-45(50-43)33-18-9-15-30(24-33)42-39-21-6-3-12-36(39)27-48-54-42/h1-27H. The molecule has 0 N–H and O–H groups in total. The summed E-state index contributed by atoms with van der Waals surface area (Å²) in [5, 5.41) is 32.6. The largest absolute Gasteiger partial charge is 0.208 e. The van der Waals surface area contributed by atoms with Gasteiger partial charge in [-0.05, 0) is 18.2 Å². The van der Waals surface area contributed by atoms with E-state index in [2.05, 4.69) is 67.0 Å². The molecule has 0 amide bonds. The summed E-state index contributed by atoms with van der Waals surface area (Å²) in [6.45, 7) is 0. The van der Waals surface area contributed by atoms with Gasteiger partial charge in [-0.1, -0.05) is 127 Å². The van der Waals surface area contributed by atoms with Crippen LogP contribution < -0.4 is 0 Å². The highest BCUT2D eigenvalue weighted by molar-refractivity contribution is 5.96. The fraction of sp³-hybridized carbons (Fsp3) is 0. The van der Waals surface area contributed by atoms with E-state index < -0.39 is 0 Å². The quantitative estimate of drug-likeness (QED) is 0.168. The van der Waals surface area contributed by atoms with E-state index >= 15 is 0 Å². The van der Waals surface area contributed by atoms with Crippen molar-refractivity contribution in [1.29, 1.82) is 0 Å². The van der Waals surface area contributed by atoms with E-state index in [0.29, 0.717) is 17.5 Å². The Labute approximate surface area is 309 Å². The molecule has 0 saturated heterocycles. The highest BCUT2D eigenvalue weighted by Gasteiger charge is 2.17. The number of nitrogens with zero attached hydrogens (tertiary/aromatic N) is 9. The van der Waals surface area contributed by atoms with Gasteiger partial charge in [-0.15, -0.1) is 15.3 Å². The molecule has 9 heteroatoms. The first kappa shape index (κ1) is 31.1. The Morgan fingerprint density at radius 2 is 0.574 bits per heavy atom. The van der Waals surface area contributed by atoms with E-state index in [1.54, 1.807) is 18.6 Å². The van der Waals surface area contributed by atoms with Crippen LogP contribution in [0.5, 0.6) is 0 Å². The molecule has 0 bridgehead atoms. The van der Waals surface area contributed by atoms with Crippen molar-refractivity contribution in [3.63, 3.8) is 0 Å². The van der Waals surface area contributed by atoms with Crippen molar-refractivity contribution in [3.05, 3.63) is 164 Å². The van der Waals surface area contributed by atoms with Crippen LogP contribution in [0.2, 0.25) is 0 Å². The van der Waals surface area contributed by atoms with Crippen molar-refractivity contribution in [3.8, 4) is 67.9 Å². The first-order valence-electron chi connectivity index (χ1n) is 17.4. The summed E-state index contributed by atoms with van der Waals surface area (Å²) in [6, 6.07) is 48.6. The number of hydrogen-bond donors (Lipinski definition) is 0. The van der Waals surface area contributed by atoms with E-state index in [4.69, 9.17) is 15.0 Å². The lowest BCUT2D eigenvalue weighted by atomic mass is 10.0. The fourth-order valence-corrected chi connectivity index (χ4v) is 6.90. The van der Waals surface area contributed by atoms with Crippen LogP contribution >= 0.6 is 0 Å². The smallest absolute Gasteiger partial charge is 0.164 e. The number of benzene rings is 6. The second-order valence-corrected chi connectivity index (χ2v) is 12.9. The minimum atomic E-state index is 0.524. The van der Waals surface area contributed by atoms with E-state index in [-0.39, 0.29) is 0 Å². The molecule has 0 atom stereocenters. The number of rotatable bonds is 6. The average molecular weight is 694 g/mol. The molecule has 10 aromatic rings. The lowest BCUT2D eigenvalue weighted by Gasteiger charge is -2.12. The highest BCUT2D eigenvalue weighted by atomic mass is 15.1. The predicted molar refractivity (Wildman–Crippen MR) is 212 cm³/mol. The molecular weight excluding hydrogens is 667 g/mol. The molecule has 0 spiro atoms. The van der Waals surface area contributed by atoms with E-state index in [1.165, 1.54) is 0 Å². The van der Waals surface area contributed by atoms with Gasteiger partial charge in [-0.25, -0.2) is 15.0 Å². The maximum atomic E-state index is 5.10. The second kappa shape index (κ2) is 13.2. The van der Waals surface area contributed by atoms with Crippen LogP contribution in [0.25, 0.3) is 100 Å². The molecule has 0 radical (unpaired) electrons. The molecule has 4 aromatic heterocycles. The summed E-state index contributed by atoms with van der Waals surface area (Å²) in [4.78, 5) is 15.3. The van der Waals surface area contributed by atoms with Gasteiger partial charge in [0.2, 0.25) is 0 Å². The van der Waals surface area contributed by atoms with Crippen LogP contribution in [0.1, 0.15) is 0 Å². The molecule has 0 unspecified atom stereocenters. The van der Waals surface area contributed by atoms with Crippen LogP contribution in [-0.2, 0) is 0 Å². The molecule has 10 rings (SSSR count). The Balaban J connectivity index is 1.14. The third-order valence-electron chi connectivity index (χ3n) is 9.53. The zero-order valence-corrected chi connectivity index (χ0v) is 28.6. The monoisotopic (exact) mass is 693 g/mol. The van der Waals surface area contributed by atoms with Gasteiger partial charge in [0.05, 0.1) is 18.6 Å². The molecule has 6 aromatic carbocycles. The number of hydrogen-bond acceptors (Lipinski definition) is 9. The Kier molecular flexibility index (Phi) is 7.58. The van der Waals surface area contributed by atoms with E-state index in [9.17, 15) is 0 Å². The molecule has 54 heavy (non-hydrogen) atoms. The summed E-state index contributed by atoms with van der Waals surface area (Å²) in [6.07, 6.45) is 5.34. The SMILES string of the molecule is c1cc(-c2nc(-c3cccc(-c4nncc5ccccc45)c3)nc(-c3cccc(-c4nncc5ccccc45)c3)n2)cc(-c2nncc3ccccc23)c1. The number of aromatic nitrogens is 9. The van der Waals surface area contributed by atoms with Crippen LogP contribution in [0, 0.1) is 0 Å². The Bertz CT molecular complexity index is 2680. The maximum Gasteiger partial charge on any atom is 0.164 e. The van der Waals surface area contributed by atoms with E-state index in [1.807, 2.05) is 109 Å². The van der Waals surface area contributed by atoms with Crippen molar-refractivity contribution >= 4 is 32.3 Å². The molecule has 9 nitrogen and oxygen atoms in total. The normalized spacial score (nSPS) is 11.3. The van der Waals surface area contributed by atoms with Crippen molar-refractivity contribution < 1.29 is 0 Å². The summed E-state index contributed by atoms with van der Waals surface area (Å²) < 4.78 is 0. The van der Waals surface area contributed by atoms with Crippen LogP contribution in [0.15, 0.2) is 164 Å². The molecule has 0 aliphatic heterocycles. The molecule has 0 aliphatic carbocycles. The van der Waals surface area contributed by atoms with Gasteiger partial charge in [0.1, 0.15) is 17.1 Å². The molecule has 0 aliphatic rings. The molecule has 4 heterocycles.